The van der Waals surface area contributed by atoms with Gasteiger partial charge < -0.3 is 14.8 Å². The van der Waals surface area contributed by atoms with Crippen LogP contribution >= 0.6 is 11.8 Å². The van der Waals surface area contributed by atoms with E-state index in [9.17, 15) is 0 Å². The number of aromatic nitrogens is 3. The van der Waals surface area contributed by atoms with Crippen molar-refractivity contribution in [1.29, 1.82) is 0 Å². The lowest BCUT2D eigenvalue weighted by molar-refractivity contribution is 0.218. The molecule has 7 heteroatoms. The number of nitrogens with zero attached hydrogens (tertiary/aromatic N) is 3. The third kappa shape index (κ3) is 5.18. The SMILES string of the molecule is CCCNc1nc(OC)nc(SCCOC)n1. The average molecular weight is 258 g/mol. The molecule has 0 aromatic carbocycles. The Morgan fingerprint density at radius 1 is 1.24 bits per heavy atom. The molecule has 0 aliphatic rings. The molecule has 0 bridgehead atoms. The number of anilines is 1. The van der Waals surface area contributed by atoms with E-state index in [1.807, 2.05) is 0 Å². The Morgan fingerprint density at radius 2 is 2.06 bits per heavy atom. The molecule has 0 aliphatic carbocycles. The molecule has 0 saturated heterocycles. The summed E-state index contributed by atoms with van der Waals surface area (Å²) in [4.78, 5) is 12.6. The summed E-state index contributed by atoms with van der Waals surface area (Å²) >= 11 is 1.51. The molecule has 1 rings (SSSR count). The molecule has 0 saturated carbocycles. The summed E-state index contributed by atoms with van der Waals surface area (Å²) in [6, 6.07) is 0.332. The summed E-state index contributed by atoms with van der Waals surface area (Å²) in [6.45, 7) is 3.57. The molecule has 0 unspecified atom stereocenters. The first-order chi connectivity index (χ1) is 8.30. The Kier molecular flexibility index (Phi) is 6.64. The summed E-state index contributed by atoms with van der Waals surface area (Å²) in [5.41, 5.74) is 0. The van der Waals surface area contributed by atoms with Gasteiger partial charge in [-0.1, -0.05) is 18.7 Å². The van der Waals surface area contributed by atoms with Crippen molar-refractivity contribution in [3.63, 3.8) is 0 Å². The fourth-order valence-corrected chi connectivity index (χ4v) is 1.75. The van der Waals surface area contributed by atoms with Crippen molar-refractivity contribution in [3.8, 4) is 6.01 Å². The highest BCUT2D eigenvalue weighted by Crippen LogP contribution is 2.17. The van der Waals surface area contributed by atoms with Crippen LogP contribution in [-0.4, -0.2) is 48.1 Å². The summed E-state index contributed by atoms with van der Waals surface area (Å²) in [5, 5.41) is 3.76. The van der Waals surface area contributed by atoms with E-state index in [2.05, 4.69) is 27.2 Å². The monoisotopic (exact) mass is 258 g/mol. The molecular weight excluding hydrogens is 240 g/mol. The third-order valence-electron chi connectivity index (χ3n) is 1.83. The second kappa shape index (κ2) is 8.08. The van der Waals surface area contributed by atoms with E-state index < -0.39 is 0 Å². The first-order valence-electron chi connectivity index (χ1n) is 5.45. The summed E-state index contributed by atoms with van der Waals surface area (Å²) in [5.74, 6) is 1.36. The first kappa shape index (κ1) is 14.0. The lowest BCUT2D eigenvalue weighted by atomic mass is 10.5. The molecular formula is C10H18N4O2S. The second-order valence-electron chi connectivity index (χ2n) is 3.20. The van der Waals surface area contributed by atoms with Crippen molar-refractivity contribution in [3.05, 3.63) is 0 Å². The highest BCUT2D eigenvalue weighted by molar-refractivity contribution is 7.99. The van der Waals surface area contributed by atoms with E-state index in [0.717, 1.165) is 18.7 Å². The molecule has 17 heavy (non-hydrogen) atoms. The predicted octanol–water partition coefficient (Wildman–Crippen LogP) is 1.44. The van der Waals surface area contributed by atoms with E-state index in [1.54, 1.807) is 14.2 Å². The van der Waals surface area contributed by atoms with Crippen LogP contribution in [0.15, 0.2) is 5.16 Å². The maximum Gasteiger partial charge on any atom is 0.321 e. The Labute approximate surface area is 106 Å². The average Bonchev–Trinajstić information content (AvgIpc) is 2.36. The van der Waals surface area contributed by atoms with Crippen LogP contribution in [0, 0.1) is 0 Å². The fraction of sp³-hybridized carbons (Fsp3) is 0.700. The van der Waals surface area contributed by atoms with Crippen LogP contribution in [0.25, 0.3) is 0 Å². The normalized spacial score (nSPS) is 10.3. The largest absolute Gasteiger partial charge is 0.467 e. The topological polar surface area (TPSA) is 69.2 Å². The fourth-order valence-electron chi connectivity index (χ4n) is 1.03. The van der Waals surface area contributed by atoms with E-state index in [4.69, 9.17) is 9.47 Å². The zero-order valence-corrected chi connectivity index (χ0v) is 11.2. The molecule has 0 amide bonds. The minimum atomic E-state index is 0.332. The zero-order valence-electron chi connectivity index (χ0n) is 10.4. The van der Waals surface area contributed by atoms with Crippen LogP contribution in [0.1, 0.15) is 13.3 Å². The van der Waals surface area contributed by atoms with Crippen LogP contribution in [0.2, 0.25) is 0 Å². The molecule has 0 radical (unpaired) electrons. The van der Waals surface area contributed by atoms with E-state index in [-0.39, 0.29) is 0 Å². The Morgan fingerprint density at radius 3 is 2.71 bits per heavy atom. The molecule has 96 valence electrons. The van der Waals surface area contributed by atoms with Gasteiger partial charge in [0.25, 0.3) is 0 Å². The van der Waals surface area contributed by atoms with Crippen LogP contribution in [-0.2, 0) is 4.74 Å². The molecule has 1 aromatic heterocycles. The first-order valence-corrected chi connectivity index (χ1v) is 6.44. The number of methoxy groups -OCH3 is 2. The molecule has 1 N–H and O–H groups in total. The number of ether oxygens (including phenoxy) is 2. The highest BCUT2D eigenvalue weighted by Gasteiger charge is 2.06. The van der Waals surface area contributed by atoms with E-state index in [1.165, 1.54) is 11.8 Å². The molecule has 0 spiro atoms. The van der Waals surface area contributed by atoms with Crippen LogP contribution in [0.5, 0.6) is 6.01 Å². The molecule has 0 atom stereocenters. The standard InChI is InChI=1S/C10H18N4O2S/c1-4-5-11-8-12-9(16-3)14-10(13-8)17-7-6-15-2/h4-7H2,1-3H3,(H,11,12,13,14). The summed E-state index contributed by atoms with van der Waals surface area (Å²) < 4.78 is 10.0. The Hall–Kier alpha value is -1.08. The van der Waals surface area contributed by atoms with Gasteiger partial charge in [0.1, 0.15) is 0 Å². The number of hydrogen-bond acceptors (Lipinski definition) is 7. The number of thioether (sulfide) groups is 1. The lowest BCUT2D eigenvalue weighted by Crippen LogP contribution is -2.07. The van der Waals surface area contributed by atoms with Crippen LogP contribution in [0.4, 0.5) is 5.95 Å². The third-order valence-corrected chi connectivity index (χ3v) is 2.64. The maximum absolute atomic E-state index is 5.03. The number of hydrogen-bond donors (Lipinski definition) is 1. The van der Waals surface area contributed by atoms with Gasteiger partial charge in [0.05, 0.1) is 13.7 Å². The van der Waals surface area contributed by atoms with Gasteiger partial charge in [0, 0.05) is 19.4 Å². The maximum atomic E-state index is 5.03. The molecule has 0 fully saturated rings. The van der Waals surface area contributed by atoms with E-state index >= 15 is 0 Å². The van der Waals surface area contributed by atoms with Crippen LogP contribution in [0.3, 0.4) is 0 Å². The van der Waals surface area contributed by atoms with Gasteiger partial charge in [-0.05, 0) is 6.42 Å². The minimum absolute atomic E-state index is 0.332. The van der Waals surface area contributed by atoms with Crippen molar-refractivity contribution in [2.24, 2.45) is 0 Å². The summed E-state index contributed by atoms with van der Waals surface area (Å²) in [7, 11) is 3.21. The van der Waals surface area contributed by atoms with Gasteiger partial charge in [0.15, 0.2) is 5.16 Å². The van der Waals surface area contributed by atoms with Crippen molar-refractivity contribution in [2.75, 3.05) is 38.4 Å². The van der Waals surface area contributed by atoms with Crippen molar-refractivity contribution < 1.29 is 9.47 Å². The Bertz CT molecular complexity index is 338. The smallest absolute Gasteiger partial charge is 0.321 e. The van der Waals surface area contributed by atoms with Crippen molar-refractivity contribution >= 4 is 17.7 Å². The zero-order chi connectivity index (χ0) is 12.5. The number of rotatable bonds is 8. The minimum Gasteiger partial charge on any atom is -0.467 e. The molecule has 6 nitrogen and oxygen atoms in total. The van der Waals surface area contributed by atoms with Gasteiger partial charge >= 0.3 is 6.01 Å². The van der Waals surface area contributed by atoms with Gasteiger partial charge in [-0.2, -0.15) is 15.0 Å². The Balaban J connectivity index is 2.67. The van der Waals surface area contributed by atoms with Crippen molar-refractivity contribution in [1.82, 2.24) is 15.0 Å². The van der Waals surface area contributed by atoms with E-state index in [0.29, 0.717) is 23.7 Å². The van der Waals surface area contributed by atoms with Crippen LogP contribution < -0.4 is 10.1 Å². The highest BCUT2D eigenvalue weighted by atomic mass is 32.2. The van der Waals surface area contributed by atoms with Gasteiger partial charge in [0.2, 0.25) is 5.95 Å². The predicted molar refractivity (Wildman–Crippen MR) is 67.8 cm³/mol. The van der Waals surface area contributed by atoms with Gasteiger partial charge in [-0.25, -0.2) is 0 Å². The summed E-state index contributed by atoms with van der Waals surface area (Å²) in [6.07, 6.45) is 1.01. The molecule has 1 heterocycles. The van der Waals surface area contributed by atoms with Gasteiger partial charge in [-0.15, -0.1) is 0 Å². The van der Waals surface area contributed by atoms with Gasteiger partial charge in [-0.3, -0.25) is 0 Å². The quantitative estimate of drug-likeness (QED) is 0.559. The molecule has 1 aromatic rings. The number of nitrogens with one attached hydrogen (secondary N) is 1. The lowest BCUT2D eigenvalue weighted by Gasteiger charge is -2.06. The second-order valence-corrected chi connectivity index (χ2v) is 4.26. The molecule has 0 aliphatic heterocycles. The van der Waals surface area contributed by atoms with Crippen molar-refractivity contribution in [2.45, 2.75) is 18.5 Å².